The number of aliphatic hydroxyl groups excluding tert-OH is 1. The number of benzene rings is 2. The molecule has 7 atom stereocenters. The molecule has 1 amide bonds. The third kappa shape index (κ3) is 3.86. The smallest absolute Gasteiger partial charge is 0.335 e. The lowest BCUT2D eigenvalue weighted by Gasteiger charge is -2.55. The van der Waals surface area contributed by atoms with E-state index < -0.39 is 82.2 Å². The van der Waals surface area contributed by atoms with Gasteiger partial charge in [0.1, 0.15) is 5.75 Å². The molecule has 0 aromatic heterocycles. The molecule has 3 aliphatic carbocycles. The number of carbonyl (C=O) groups excluding carboxylic acids is 5. The SMILES string of the molecule is CN(C)[C@H]1C(=O)C(C(N)=O)C(=O)[C@]2(O)C(=O)C3C(=O)c4c(O)cccc4C(=Cc4ccc(C(=O)O)cc4)[C@@H]3[C@@H](O)[C@H]12. The topological polar surface area (TPSA) is 213 Å². The molecule has 0 heterocycles. The number of phenols is 1. The molecule has 6 N–H and O–H groups in total. The van der Waals surface area contributed by atoms with Crippen LogP contribution >= 0.6 is 0 Å². The number of carbonyl (C=O) groups is 6. The summed E-state index contributed by atoms with van der Waals surface area (Å²) in [5, 5.41) is 43.5. The molecule has 2 aromatic carbocycles. The zero-order chi connectivity index (χ0) is 30.1. The zero-order valence-electron chi connectivity index (χ0n) is 21.8. The summed E-state index contributed by atoms with van der Waals surface area (Å²) in [6.07, 6.45) is -0.348. The van der Waals surface area contributed by atoms with Crippen molar-refractivity contribution in [2.24, 2.45) is 29.4 Å². The lowest BCUT2D eigenvalue weighted by molar-refractivity contribution is -0.192. The summed E-state index contributed by atoms with van der Waals surface area (Å²) in [4.78, 5) is 79.4. The van der Waals surface area contributed by atoms with Crippen LogP contribution in [0, 0.1) is 23.7 Å². The van der Waals surface area contributed by atoms with Gasteiger partial charge in [0.05, 0.1) is 35.1 Å². The molecule has 41 heavy (non-hydrogen) atoms. The van der Waals surface area contributed by atoms with Gasteiger partial charge in [0, 0.05) is 5.92 Å². The lowest BCUT2D eigenvalue weighted by Crippen LogP contribution is -2.77. The van der Waals surface area contributed by atoms with Gasteiger partial charge < -0.3 is 26.2 Å². The number of aromatic hydroxyl groups is 1. The largest absolute Gasteiger partial charge is 0.507 e. The molecule has 0 bridgehead atoms. The van der Waals surface area contributed by atoms with E-state index in [1.54, 1.807) is 0 Å². The van der Waals surface area contributed by atoms with Crippen molar-refractivity contribution >= 4 is 46.7 Å². The van der Waals surface area contributed by atoms with Crippen LogP contribution in [0.15, 0.2) is 42.5 Å². The maximum absolute atomic E-state index is 14.1. The molecular weight excluding hydrogens is 536 g/mol. The number of fused-ring (bicyclic) bond motifs is 3. The molecule has 5 rings (SSSR count). The Morgan fingerprint density at radius 1 is 1.00 bits per heavy atom. The minimum atomic E-state index is -3.12. The average Bonchev–Trinajstić information content (AvgIpc) is 2.90. The third-order valence-electron chi connectivity index (χ3n) is 8.35. The van der Waals surface area contributed by atoms with Crippen LogP contribution in [0.3, 0.4) is 0 Å². The molecule has 0 radical (unpaired) electrons. The first kappa shape index (κ1) is 28.0. The van der Waals surface area contributed by atoms with Crippen molar-refractivity contribution in [3.63, 3.8) is 0 Å². The van der Waals surface area contributed by atoms with E-state index >= 15 is 0 Å². The van der Waals surface area contributed by atoms with Crippen molar-refractivity contribution in [3.05, 3.63) is 64.7 Å². The minimum Gasteiger partial charge on any atom is -0.507 e. The van der Waals surface area contributed by atoms with Crippen molar-refractivity contribution in [2.45, 2.75) is 17.7 Å². The zero-order valence-corrected chi connectivity index (χ0v) is 21.8. The summed E-state index contributed by atoms with van der Waals surface area (Å²) in [7, 11) is 2.81. The van der Waals surface area contributed by atoms with Gasteiger partial charge in [0.15, 0.2) is 34.7 Å². The fraction of sp³-hybridized carbons (Fsp3) is 0.310. The second kappa shape index (κ2) is 9.54. The quantitative estimate of drug-likeness (QED) is 0.301. The van der Waals surface area contributed by atoms with Crippen LogP contribution in [-0.4, -0.2) is 92.2 Å². The standard InChI is InChI=1S/C29H26N2O10/c1-31(2)21-20-23(34)17-14(10-11-6-8-12(9-7-11)28(39)40)13-4-3-5-15(32)16(13)22(33)18(17)25(36)29(20,41)26(37)19(24(21)35)27(30)38/h3-10,17-21,23,32,34,41H,1-2H3,(H2,30,38)(H,39,40)/t17-,18?,19?,20-,21+,23+,29+/m0/s1. The summed E-state index contributed by atoms with van der Waals surface area (Å²) < 4.78 is 0. The van der Waals surface area contributed by atoms with E-state index in [4.69, 9.17) is 5.73 Å². The van der Waals surface area contributed by atoms with E-state index in [0.29, 0.717) is 5.56 Å². The summed E-state index contributed by atoms with van der Waals surface area (Å²) in [6.45, 7) is 0. The highest BCUT2D eigenvalue weighted by Gasteiger charge is 2.72. The Labute approximate surface area is 232 Å². The number of primary amides is 1. The van der Waals surface area contributed by atoms with E-state index in [2.05, 4.69) is 0 Å². The molecule has 0 aliphatic heterocycles. The number of phenolic OH excluding ortho intramolecular Hbond substituents is 1. The van der Waals surface area contributed by atoms with Crippen LogP contribution in [0.25, 0.3) is 11.6 Å². The van der Waals surface area contributed by atoms with Crippen molar-refractivity contribution in [1.82, 2.24) is 4.90 Å². The fourth-order valence-corrected chi connectivity index (χ4v) is 6.57. The van der Waals surface area contributed by atoms with Crippen molar-refractivity contribution in [1.29, 1.82) is 0 Å². The molecule has 2 saturated carbocycles. The molecule has 0 saturated heterocycles. The van der Waals surface area contributed by atoms with E-state index in [-0.39, 0.29) is 22.3 Å². The Morgan fingerprint density at radius 3 is 2.20 bits per heavy atom. The highest BCUT2D eigenvalue weighted by Crippen LogP contribution is 2.54. The monoisotopic (exact) mass is 562 g/mol. The Morgan fingerprint density at radius 2 is 1.63 bits per heavy atom. The minimum absolute atomic E-state index is 0.00287. The molecule has 0 spiro atoms. The Bertz CT molecular complexity index is 1580. The van der Waals surface area contributed by atoms with Crippen molar-refractivity contribution < 1.29 is 49.2 Å². The van der Waals surface area contributed by atoms with E-state index in [0.717, 1.165) is 0 Å². The van der Waals surface area contributed by atoms with Gasteiger partial charge in [0.25, 0.3) is 0 Å². The van der Waals surface area contributed by atoms with Crippen molar-refractivity contribution in [2.75, 3.05) is 14.1 Å². The summed E-state index contributed by atoms with van der Waals surface area (Å²) >= 11 is 0. The maximum Gasteiger partial charge on any atom is 0.335 e. The normalized spacial score (nSPS) is 32.0. The maximum atomic E-state index is 14.1. The number of rotatable bonds is 4. The van der Waals surface area contributed by atoms with Crippen LogP contribution in [0.4, 0.5) is 0 Å². The van der Waals surface area contributed by atoms with Gasteiger partial charge in [-0.15, -0.1) is 0 Å². The number of amides is 1. The van der Waals surface area contributed by atoms with Gasteiger partial charge in [0.2, 0.25) is 5.91 Å². The van der Waals surface area contributed by atoms with Gasteiger partial charge in [-0.05, 0) is 49.0 Å². The number of nitrogens with zero attached hydrogens (tertiary/aromatic N) is 1. The number of Topliss-reactive ketones (excluding diaryl/α,β-unsaturated/α-hetero) is 4. The molecule has 2 unspecified atom stereocenters. The molecule has 212 valence electrons. The van der Waals surface area contributed by atoms with Gasteiger partial charge in [-0.25, -0.2) is 4.79 Å². The Kier molecular flexibility index (Phi) is 6.52. The van der Waals surface area contributed by atoms with Gasteiger partial charge in [-0.2, -0.15) is 0 Å². The highest BCUT2D eigenvalue weighted by molar-refractivity contribution is 6.33. The molecule has 12 heteroatoms. The van der Waals surface area contributed by atoms with E-state index in [1.165, 1.54) is 67.5 Å². The lowest BCUT2D eigenvalue weighted by atomic mass is 9.50. The number of carboxylic acids is 1. The predicted octanol–water partition coefficient (Wildman–Crippen LogP) is -0.466. The van der Waals surface area contributed by atoms with Crippen LogP contribution in [0.2, 0.25) is 0 Å². The number of hydrogen-bond acceptors (Lipinski definition) is 10. The number of ketones is 4. The Balaban J connectivity index is 1.77. The van der Waals surface area contributed by atoms with E-state index in [1.807, 2.05) is 0 Å². The second-order valence-electron chi connectivity index (χ2n) is 10.8. The molecule has 2 fully saturated rings. The van der Waals surface area contributed by atoms with Crippen LogP contribution in [0.5, 0.6) is 5.75 Å². The van der Waals surface area contributed by atoms with Crippen molar-refractivity contribution in [3.8, 4) is 5.75 Å². The number of aliphatic hydroxyl groups is 2. The average molecular weight is 563 g/mol. The number of hydrogen-bond donors (Lipinski definition) is 5. The predicted molar refractivity (Wildman–Crippen MR) is 140 cm³/mol. The first-order valence-electron chi connectivity index (χ1n) is 12.6. The van der Waals surface area contributed by atoms with Crippen LogP contribution < -0.4 is 5.73 Å². The number of nitrogens with two attached hydrogens (primary N) is 1. The van der Waals surface area contributed by atoms with E-state index in [9.17, 15) is 49.2 Å². The summed E-state index contributed by atoms with van der Waals surface area (Å²) in [5.74, 6) is -15.0. The van der Waals surface area contributed by atoms with Crippen LogP contribution in [-0.2, 0) is 19.2 Å². The summed E-state index contributed by atoms with van der Waals surface area (Å²) in [6, 6.07) is 8.23. The number of carboxylic acid groups (broad SMARTS) is 1. The fourth-order valence-electron chi connectivity index (χ4n) is 6.57. The van der Waals surface area contributed by atoms with Gasteiger partial charge in [-0.3, -0.25) is 28.9 Å². The number of likely N-dealkylation sites (N-methyl/N-ethyl adjacent to an activating group) is 1. The molecule has 2 aromatic rings. The second-order valence-corrected chi connectivity index (χ2v) is 10.8. The highest BCUT2D eigenvalue weighted by atomic mass is 16.4. The number of aromatic carboxylic acids is 1. The molecule has 3 aliphatic rings. The molecule has 12 nitrogen and oxygen atoms in total. The summed E-state index contributed by atoms with van der Waals surface area (Å²) in [5.41, 5.74) is 2.69. The molecular formula is C29H26N2O10. The Hall–Kier alpha value is -4.52. The first-order valence-corrected chi connectivity index (χ1v) is 12.6. The van der Waals surface area contributed by atoms with Gasteiger partial charge in [-0.1, -0.05) is 30.3 Å². The third-order valence-corrected chi connectivity index (χ3v) is 8.35. The first-order chi connectivity index (χ1) is 19.2. The van der Waals surface area contributed by atoms with Gasteiger partial charge >= 0.3 is 5.97 Å². The van der Waals surface area contributed by atoms with Crippen LogP contribution in [0.1, 0.15) is 31.8 Å².